The average Bonchev–Trinajstić information content (AvgIpc) is 3.84. The molecule has 0 aliphatic rings. The molecule has 0 saturated carbocycles. The molecule has 14 nitrogen and oxygen atoms in total. The van der Waals surface area contributed by atoms with Crippen LogP contribution in [0.3, 0.4) is 0 Å². The summed E-state index contributed by atoms with van der Waals surface area (Å²) in [5.41, 5.74) is 5.56. The van der Waals surface area contributed by atoms with Gasteiger partial charge in [-0.15, -0.1) is 0 Å². The van der Waals surface area contributed by atoms with E-state index in [4.69, 9.17) is 9.47 Å². The summed E-state index contributed by atoms with van der Waals surface area (Å²) >= 11 is 0. The Labute approximate surface area is 317 Å². The second kappa shape index (κ2) is 18.4. The summed E-state index contributed by atoms with van der Waals surface area (Å²) < 4.78 is 9.40. The van der Waals surface area contributed by atoms with Gasteiger partial charge in [-0.3, -0.25) is 9.59 Å². The molecular formula is C40H54N8O6. The molecule has 4 atom stereocenters. The Kier molecular flexibility index (Phi) is 14.0. The van der Waals surface area contributed by atoms with Crippen molar-refractivity contribution in [1.82, 2.24) is 41.2 Å². The molecular weight excluding hydrogens is 688 g/mol. The molecule has 0 unspecified atom stereocenters. The Balaban J connectivity index is 1.45. The first-order valence-corrected chi connectivity index (χ1v) is 18.2. The maximum absolute atomic E-state index is 13.2. The number of imidazole rings is 2. The summed E-state index contributed by atoms with van der Waals surface area (Å²) in [6.45, 7) is 15.4. The van der Waals surface area contributed by atoms with Crippen LogP contribution in [0.25, 0.3) is 33.6 Å². The van der Waals surface area contributed by atoms with Crippen LogP contribution >= 0.6 is 0 Å². The van der Waals surface area contributed by atoms with Crippen LogP contribution in [-0.2, 0) is 19.1 Å². The SMILES string of the molecule is COC(=O)N[C@H](C(=O)N[C@H](c1ncc(-c2ccc(-c3ccc(-c4cnc([C@@H](NC(=O)[C@@H](NC(=O)OC)C(C)C)C(C)C)[nH]4)cc3)cc2)[nH]1)C(C)C)C(C)C. The van der Waals surface area contributed by atoms with E-state index in [0.717, 1.165) is 33.6 Å². The molecule has 0 radical (unpaired) electrons. The van der Waals surface area contributed by atoms with E-state index >= 15 is 0 Å². The van der Waals surface area contributed by atoms with E-state index < -0.39 is 36.4 Å². The molecule has 2 aromatic carbocycles. The van der Waals surface area contributed by atoms with Crippen LogP contribution in [0.4, 0.5) is 9.59 Å². The Bertz CT molecular complexity index is 1730. The molecule has 4 amide bonds. The zero-order chi connectivity index (χ0) is 39.7. The fourth-order valence-corrected chi connectivity index (χ4v) is 6.00. The molecule has 4 aromatic rings. The van der Waals surface area contributed by atoms with Gasteiger partial charge in [0.05, 0.1) is 50.1 Å². The summed E-state index contributed by atoms with van der Waals surface area (Å²) in [5.74, 6) is 0.354. The molecule has 0 bridgehead atoms. The number of hydrogen-bond acceptors (Lipinski definition) is 8. The van der Waals surface area contributed by atoms with E-state index in [-0.39, 0.29) is 35.5 Å². The summed E-state index contributed by atoms with van der Waals surface area (Å²) in [4.78, 5) is 66.0. The number of methoxy groups -OCH3 is 2. The second-order valence-electron chi connectivity index (χ2n) is 14.7. The van der Waals surface area contributed by atoms with E-state index in [1.807, 2.05) is 104 Å². The highest BCUT2D eigenvalue weighted by Crippen LogP contribution is 2.29. The van der Waals surface area contributed by atoms with Crippen molar-refractivity contribution in [2.24, 2.45) is 23.7 Å². The minimum atomic E-state index is -0.759. The first-order chi connectivity index (χ1) is 25.6. The van der Waals surface area contributed by atoms with Gasteiger partial charge < -0.3 is 40.7 Å². The predicted molar refractivity (Wildman–Crippen MR) is 207 cm³/mol. The summed E-state index contributed by atoms with van der Waals surface area (Å²) in [7, 11) is 2.53. The van der Waals surface area contributed by atoms with Gasteiger partial charge in [-0.05, 0) is 45.9 Å². The first kappa shape index (κ1) is 41.1. The van der Waals surface area contributed by atoms with Crippen LogP contribution in [0.15, 0.2) is 60.9 Å². The zero-order valence-corrected chi connectivity index (χ0v) is 32.7. The number of aromatic amines is 2. The highest BCUT2D eigenvalue weighted by Gasteiger charge is 2.31. The highest BCUT2D eigenvalue weighted by molar-refractivity contribution is 5.87. The number of nitrogens with zero attached hydrogens (tertiary/aromatic N) is 2. The Morgan fingerprint density at radius 2 is 0.815 bits per heavy atom. The monoisotopic (exact) mass is 742 g/mol. The molecule has 14 heteroatoms. The quantitative estimate of drug-likeness (QED) is 0.0793. The molecule has 0 fully saturated rings. The van der Waals surface area contributed by atoms with Gasteiger partial charge in [0.25, 0.3) is 0 Å². The maximum Gasteiger partial charge on any atom is 0.407 e. The number of amides is 4. The van der Waals surface area contributed by atoms with E-state index in [9.17, 15) is 19.2 Å². The van der Waals surface area contributed by atoms with E-state index in [2.05, 4.69) is 41.2 Å². The van der Waals surface area contributed by atoms with Gasteiger partial charge in [0.15, 0.2) is 0 Å². The fraction of sp³-hybridized carbons (Fsp3) is 0.450. The van der Waals surface area contributed by atoms with Gasteiger partial charge in [-0.1, -0.05) is 104 Å². The van der Waals surface area contributed by atoms with Crippen LogP contribution in [0.1, 0.15) is 79.1 Å². The van der Waals surface area contributed by atoms with E-state index in [0.29, 0.717) is 11.6 Å². The molecule has 4 rings (SSSR count). The van der Waals surface area contributed by atoms with Gasteiger partial charge in [0.2, 0.25) is 11.8 Å². The Hall–Kier alpha value is -5.66. The van der Waals surface area contributed by atoms with Gasteiger partial charge in [-0.25, -0.2) is 19.6 Å². The minimum absolute atomic E-state index is 0.0226. The summed E-state index contributed by atoms with van der Waals surface area (Å²) in [5, 5.41) is 11.3. The van der Waals surface area contributed by atoms with Crippen molar-refractivity contribution < 1.29 is 28.7 Å². The number of hydrogen-bond donors (Lipinski definition) is 6. The Morgan fingerprint density at radius 3 is 1.09 bits per heavy atom. The minimum Gasteiger partial charge on any atom is -0.453 e. The standard InChI is InChI=1S/C40H54N8O6/c1-21(2)31(45-37(49)33(23(5)6)47-39(51)53-9)35-41-19-29(43-35)27-15-11-25(12-16-27)26-13-17-28(18-14-26)30-20-42-36(44-30)32(22(3)4)46-38(50)34(24(7)8)48-40(52)54-10/h11-24,31-34H,1-10H3,(H,41,43)(H,42,44)(H,45,49)(H,46,50)(H,47,51)(H,48,52)/t31-,32-,33-,34-/m0/s1. The van der Waals surface area contributed by atoms with Crippen LogP contribution in [-0.4, -0.2) is 70.2 Å². The Morgan fingerprint density at radius 1 is 0.500 bits per heavy atom. The lowest BCUT2D eigenvalue weighted by molar-refractivity contribution is -0.126. The zero-order valence-electron chi connectivity index (χ0n) is 32.7. The molecule has 0 saturated heterocycles. The van der Waals surface area contributed by atoms with Crippen molar-refractivity contribution in [2.45, 2.75) is 79.6 Å². The second-order valence-corrected chi connectivity index (χ2v) is 14.7. The van der Waals surface area contributed by atoms with Crippen molar-refractivity contribution in [1.29, 1.82) is 0 Å². The predicted octanol–water partition coefficient (Wildman–Crippen LogP) is 6.52. The lowest BCUT2D eigenvalue weighted by Gasteiger charge is -2.26. The lowest BCUT2D eigenvalue weighted by Crippen LogP contribution is -2.51. The molecule has 0 aliphatic carbocycles. The van der Waals surface area contributed by atoms with Gasteiger partial charge in [-0.2, -0.15) is 0 Å². The average molecular weight is 743 g/mol. The number of benzene rings is 2. The number of nitrogens with one attached hydrogen (secondary N) is 6. The first-order valence-electron chi connectivity index (χ1n) is 18.2. The molecule has 0 spiro atoms. The number of H-pyrrole nitrogens is 2. The van der Waals surface area contributed by atoms with Crippen LogP contribution in [0, 0.1) is 23.7 Å². The van der Waals surface area contributed by atoms with Crippen molar-refractivity contribution in [3.05, 3.63) is 72.6 Å². The van der Waals surface area contributed by atoms with Gasteiger partial charge in [0, 0.05) is 0 Å². The number of rotatable bonds is 15. The summed E-state index contributed by atoms with van der Waals surface area (Å²) in [6, 6.07) is 13.9. The van der Waals surface area contributed by atoms with Crippen molar-refractivity contribution in [3.63, 3.8) is 0 Å². The van der Waals surface area contributed by atoms with Gasteiger partial charge in [0.1, 0.15) is 23.7 Å². The van der Waals surface area contributed by atoms with E-state index in [1.54, 1.807) is 12.4 Å². The molecule has 2 aromatic heterocycles. The topological polar surface area (TPSA) is 192 Å². The number of ether oxygens (including phenoxy) is 2. The molecule has 54 heavy (non-hydrogen) atoms. The van der Waals surface area contributed by atoms with E-state index in [1.165, 1.54) is 14.2 Å². The molecule has 290 valence electrons. The number of carbonyl (C=O) groups excluding carboxylic acids is 4. The van der Waals surface area contributed by atoms with Crippen LogP contribution in [0.5, 0.6) is 0 Å². The maximum atomic E-state index is 13.2. The van der Waals surface area contributed by atoms with Crippen molar-refractivity contribution >= 4 is 24.0 Å². The molecule has 6 N–H and O–H groups in total. The third-order valence-corrected chi connectivity index (χ3v) is 9.25. The number of aromatic nitrogens is 4. The van der Waals surface area contributed by atoms with Crippen molar-refractivity contribution in [2.75, 3.05) is 14.2 Å². The number of carbonyl (C=O) groups is 4. The molecule has 0 aliphatic heterocycles. The smallest absolute Gasteiger partial charge is 0.407 e. The third-order valence-electron chi connectivity index (χ3n) is 9.25. The summed E-state index contributed by atoms with van der Waals surface area (Å²) in [6.07, 6.45) is 2.18. The van der Waals surface area contributed by atoms with Gasteiger partial charge >= 0.3 is 12.2 Å². The fourth-order valence-electron chi connectivity index (χ4n) is 6.00. The highest BCUT2D eigenvalue weighted by atomic mass is 16.5. The van der Waals surface area contributed by atoms with Crippen LogP contribution in [0.2, 0.25) is 0 Å². The number of alkyl carbamates (subject to hydrolysis) is 2. The normalized spacial score (nSPS) is 13.7. The lowest BCUT2D eigenvalue weighted by atomic mass is 10.00. The van der Waals surface area contributed by atoms with Crippen LogP contribution < -0.4 is 21.3 Å². The largest absolute Gasteiger partial charge is 0.453 e. The molecule has 2 heterocycles. The third kappa shape index (κ3) is 10.3. The van der Waals surface area contributed by atoms with Crippen molar-refractivity contribution in [3.8, 4) is 33.6 Å².